The summed E-state index contributed by atoms with van der Waals surface area (Å²) in [5.41, 5.74) is 0. The van der Waals surface area contributed by atoms with Crippen molar-refractivity contribution in [3.8, 4) is 0 Å². The van der Waals surface area contributed by atoms with Crippen LogP contribution in [-0.2, 0) is 23.7 Å². The Morgan fingerprint density at radius 2 is 1.37 bits per heavy atom. The summed E-state index contributed by atoms with van der Waals surface area (Å²) in [4.78, 5) is 11.3. The van der Waals surface area contributed by atoms with Gasteiger partial charge in [0.1, 0.15) is 0 Å². The van der Waals surface area contributed by atoms with Crippen LogP contribution >= 0.6 is 0 Å². The highest BCUT2D eigenvalue weighted by molar-refractivity contribution is 5.66. The average Bonchev–Trinajstić information content (AvgIpc) is 2.12. The zero-order valence-corrected chi connectivity index (χ0v) is 13.0. The molecule has 0 saturated carbocycles. The fourth-order valence-electron chi connectivity index (χ4n) is 1.43. The van der Waals surface area contributed by atoms with Crippen LogP contribution in [0.2, 0.25) is 0 Å². The molecule has 0 rings (SSSR count). The standard InChI is InChI=1S/C14H26O5/c1-9(2)16-12(7)14(17-10(3)4,18-11(5)6)19-13(8)15/h9-11H,7H2,1-6,8H3. The van der Waals surface area contributed by atoms with Gasteiger partial charge in [-0.1, -0.05) is 6.58 Å². The first-order chi connectivity index (χ1) is 8.59. The largest absolute Gasteiger partial charge is 0.486 e. The SMILES string of the molecule is C=C(OC(C)C)C(OC(C)=O)(OC(C)C)OC(C)C. The lowest BCUT2D eigenvalue weighted by Gasteiger charge is -2.36. The summed E-state index contributed by atoms with van der Waals surface area (Å²) in [6, 6.07) is 0. The van der Waals surface area contributed by atoms with Crippen molar-refractivity contribution >= 4 is 5.97 Å². The molecule has 0 radical (unpaired) electrons. The van der Waals surface area contributed by atoms with Crippen molar-refractivity contribution in [1.29, 1.82) is 0 Å². The van der Waals surface area contributed by atoms with Gasteiger partial charge in [0.05, 0.1) is 18.3 Å². The molecule has 0 aliphatic heterocycles. The minimum Gasteiger partial charge on any atom is -0.486 e. The fraction of sp³-hybridized carbons (Fsp3) is 0.786. The molecular formula is C14H26O5. The van der Waals surface area contributed by atoms with E-state index in [1.807, 2.05) is 41.5 Å². The van der Waals surface area contributed by atoms with Crippen LogP contribution in [0.1, 0.15) is 48.5 Å². The monoisotopic (exact) mass is 274 g/mol. The molecule has 0 amide bonds. The maximum absolute atomic E-state index is 11.3. The second kappa shape index (κ2) is 7.50. The Bertz CT molecular complexity index is 297. The third-order valence-electron chi connectivity index (χ3n) is 1.78. The average molecular weight is 274 g/mol. The lowest BCUT2D eigenvalue weighted by atomic mass is 10.3. The summed E-state index contributed by atoms with van der Waals surface area (Å²) in [7, 11) is 0. The first kappa shape index (κ1) is 17.9. The van der Waals surface area contributed by atoms with E-state index in [9.17, 15) is 4.79 Å². The molecule has 19 heavy (non-hydrogen) atoms. The fourth-order valence-corrected chi connectivity index (χ4v) is 1.43. The third kappa shape index (κ3) is 6.59. The highest BCUT2D eigenvalue weighted by atomic mass is 16.9. The Kier molecular flexibility index (Phi) is 7.08. The van der Waals surface area contributed by atoms with Gasteiger partial charge in [-0.3, -0.25) is 4.79 Å². The smallest absolute Gasteiger partial charge is 0.392 e. The van der Waals surface area contributed by atoms with E-state index in [1.165, 1.54) is 6.92 Å². The van der Waals surface area contributed by atoms with E-state index in [-0.39, 0.29) is 24.1 Å². The van der Waals surface area contributed by atoms with E-state index in [4.69, 9.17) is 18.9 Å². The van der Waals surface area contributed by atoms with Crippen LogP contribution in [0.4, 0.5) is 0 Å². The van der Waals surface area contributed by atoms with Gasteiger partial charge in [0.25, 0.3) is 0 Å². The lowest BCUT2D eigenvalue weighted by molar-refractivity contribution is -0.374. The molecule has 0 bridgehead atoms. The molecule has 0 spiro atoms. The number of carbonyl (C=O) groups is 1. The van der Waals surface area contributed by atoms with Crippen LogP contribution in [0.3, 0.4) is 0 Å². The maximum atomic E-state index is 11.3. The highest BCUT2D eigenvalue weighted by Gasteiger charge is 2.44. The van der Waals surface area contributed by atoms with Crippen molar-refractivity contribution < 1.29 is 23.7 Å². The van der Waals surface area contributed by atoms with Crippen molar-refractivity contribution in [2.24, 2.45) is 0 Å². The van der Waals surface area contributed by atoms with Gasteiger partial charge in [-0.15, -0.1) is 0 Å². The molecule has 0 saturated heterocycles. The van der Waals surface area contributed by atoms with Gasteiger partial charge in [-0.2, -0.15) is 0 Å². The third-order valence-corrected chi connectivity index (χ3v) is 1.78. The first-order valence-corrected chi connectivity index (χ1v) is 6.50. The molecule has 0 aromatic heterocycles. The Morgan fingerprint density at radius 1 is 0.947 bits per heavy atom. The second-order valence-electron chi connectivity index (χ2n) is 5.07. The second-order valence-corrected chi connectivity index (χ2v) is 5.07. The Morgan fingerprint density at radius 3 is 1.63 bits per heavy atom. The minimum absolute atomic E-state index is 0.125. The molecular weight excluding hydrogens is 248 g/mol. The summed E-state index contributed by atoms with van der Waals surface area (Å²) in [5, 5.41) is 0. The first-order valence-electron chi connectivity index (χ1n) is 6.50. The molecule has 0 fully saturated rings. The van der Waals surface area contributed by atoms with E-state index in [2.05, 4.69) is 6.58 Å². The number of ether oxygens (including phenoxy) is 4. The van der Waals surface area contributed by atoms with Crippen LogP contribution < -0.4 is 0 Å². The predicted molar refractivity (Wildman–Crippen MR) is 72.3 cm³/mol. The zero-order chi connectivity index (χ0) is 15.2. The van der Waals surface area contributed by atoms with Gasteiger partial charge in [-0.25, -0.2) is 0 Å². The van der Waals surface area contributed by atoms with Crippen molar-refractivity contribution in [3.05, 3.63) is 12.3 Å². The summed E-state index contributed by atoms with van der Waals surface area (Å²) in [6.07, 6.45) is -0.592. The normalized spacial score (nSPS) is 12.1. The van der Waals surface area contributed by atoms with E-state index in [0.717, 1.165) is 0 Å². The number of hydrogen-bond donors (Lipinski definition) is 0. The molecule has 0 N–H and O–H groups in total. The van der Waals surface area contributed by atoms with Crippen LogP contribution in [0.5, 0.6) is 0 Å². The topological polar surface area (TPSA) is 54.0 Å². The highest BCUT2D eigenvalue weighted by Crippen LogP contribution is 2.29. The lowest BCUT2D eigenvalue weighted by Crippen LogP contribution is -2.47. The summed E-state index contributed by atoms with van der Waals surface area (Å²) < 4.78 is 22.0. The molecule has 0 atom stereocenters. The quantitative estimate of drug-likeness (QED) is 0.387. The van der Waals surface area contributed by atoms with Crippen LogP contribution in [-0.4, -0.2) is 30.3 Å². The van der Waals surface area contributed by atoms with Crippen molar-refractivity contribution in [1.82, 2.24) is 0 Å². The zero-order valence-electron chi connectivity index (χ0n) is 13.0. The van der Waals surface area contributed by atoms with Gasteiger partial charge in [0.15, 0.2) is 5.76 Å². The number of carbonyl (C=O) groups excluding carboxylic acids is 1. The molecule has 0 aliphatic rings. The Balaban J connectivity index is 5.31. The summed E-state index contributed by atoms with van der Waals surface area (Å²) >= 11 is 0. The summed E-state index contributed by atoms with van der Waals surface area (Å²) in [6.45, 7) is 16.0. The maximum Gasteiger partial charge on any atom is 0.392 e. The van der Waals surface area contributed by atoms with Crippen LogP contribution in [0, 0.1) is 0 Å². The van der Waals surface area contributed by atoms with Gasteiger partial charge < -0.3 is 18.9 Å². The van der Waals surface area contributed by atoms with Crippen molar-refractivity contribution in [2.75, 3.05) is 0 Å². The van der Waals surface area contributed by atoms with Crippen molar-refractivity contribution in [3.63, 3.8) is 0 Å². The molecule has 0 aromatic rings. The molecule has 5 nitrogen and oxygen atoms in total. The van der Waals surface area contributed by atoms with Crippen LogP contribution in [0.15, 0.2) is 12.3 Å². The Hall–Kier alpha value is -1.07. The van der Waals surface area contributed by atoms with E-state index in [1.54, 1.807) is 0 Å². The van der Waals surface area contributed by atoms with Gasteiger partial charge in [0, 0.05) is 6.92 Å². The number of rotatable bonds is 8. The molecule has 5 heteroatoms. The molecule has 112 valence electrons. The van der Waals surface area contributed by atoms with Crippen molar-refractivity contribution in [2.45, 2.75) is 72.8 Å². The minimum atomic E-state index is -1.71. The van der Waals surface area contributed by atoms with Gasteiger partial charge in [-0.05, 0) is 41.5 Å². The molecule has 0 heterocycles. The van der Waals surface area contributed by atoms with E-state index in [0.29, 0.717) is 0 Å². The van der Waals surface area contributed by atoms with E-state index < -0.39 is 11.9 Å². The predicted octanol–water partition coefficient (Wildman–Crippen LogP) is 2.99. The van der Waals surface area contributed by atoms with Crippen LogP contribution in [0.25, 0.3) is 0 Å². The molecule has 0 aromatic carbocycles. The molecule has 0 aliphatic carbocycles. The molecule has 0 unspecified atom stereocenters. The van der Waals surface area contributed by atoms with Gasteiger partial charge >= 0.3 is 11.9 Å². The van der Waals surface area contributed by atoms with E-state index >= 15 is 0 Å². The van der Waals surface area contributed by atoms with Gasteiger partial charge in [0.2, 0.25) is 0 Å². The number of hydrogen-bond acceptors (Lipinski definition) is 5. The number of esters is 1. The summed E-state index contributed by atoms with van der Waals surface area (Å²) in [5.74, 6) is -2.12. The Labute approximate surface area is 115 Å².